The van der Waals surface area contributed by atoms with Gasteiger partial charge in [-0.3, -0.25) is 4.79 Å². The molecule has 3 aromatic rings. The maximum absolute atomic E-state index is 12.6. The molecule has 2 aliphatic rings. The molecular weight excluding hydrogens is 441 g/mol. The molecule has 0 spiro atoms. The molecule has 2 aliphatic heterocycles. The average Bonchev–Trinajstić information content (AvgIpc) is 3.41. The lowest BCUT2D eigenvalue weighted by atomic mass is 9.92. The van der Waals surface area contributed by atoms with E-state index in [4.69, 9.17) is 4.74 Å². The highest BCUT2D eigenvalue weighted by molar-refractivity contribution is 5.95. The number of ether oxygens (including phenoxy) is 2. The Morgan fingerprint density at radius 1 is 1.21 bits per heavy atom. The second kappa shape index (κ2) is 8.16. The summed E-state index contributed by atoms with van der Waals surface area (Å²) in [5.74, 6) is -0.471. The van der Waals surface area contributed by atoms with Crippen molar-refractivity contribution >= 4 is 16.9 Å². The van der Waals surface area contributed by atoms with Gasteiger partial charge in [0.2, 0.25) is 0 Å². The standard InChI is InChI=1S/C22H19F3N4O4/c23-22(24,25)33-17-3-1-16(2-4-17)29-20-18(13(11-30)5-7-26-20)19(27-29)15-9-28(10-15)21(31)14-6-8-32-12-14/h1-7,15,30H,8-12H2. The molecule has 1 aromatic carbocycles. The highest BCUT2D eigenvalue weighted by atomic mass is 19.4. The number of alkyl halides is 3. The highest BCUT2D eigenvalue weighted by Crippen LogP contribution is 2.35. The number of carbonyl (C=O) groups is 1. The third-order valence-corrected chi connectivity index (χ3v) is 5.70. The van der Waals surface area contributed by atoms with Gasteiger partial charge in [-0.25, -0.2) is 9.67 Å². The van der Waals surface area contributed by atoms with Crippen LogP contribution in [0.15, 0.2) is 48.2 Å². The second-order valence-electron chi connectivity index (χ2n) is 7.82. The van der Waals surface area contributed by atoms with Crippen molar-refractivity contribution < 1.29 is 32.5 Å². The molecule has 5 rings (SSSR count). The average molecular weight is 460 g/mol. The first kappa shape index (κ1) is 21.4. The van der Waals surface area contributed by atoms with E-state index >= 15 is 0 Å². The zero-order chi connectivity index (χ0) is 23.2. The lowest BCUT2D eigenvalue weighted by Crippen LogP contribution is -2.49. The Balaban J connectivity index is 1.46. The van der Waals surface area contributed by atoms with E-state index in [9.17, 15) is 23.1 Å². The molecule has 1 amide bonds. The van der Waals surface area contributed by atoms with Crippen LogP contribution in [0.4, 0.5) is 13.2 Å². The van der Waals surface area contributed by atoms with Crippen molar-refractivity contribution in [3.63, 3.8) is 0 Å². The van der Waals surface area contributed by atoms with E-state index in [2.05, 4.69) is 14.8 Å². The van der Waals surface area contributed by atoms with Crippen LogP contribution in [-0.4, -0.2) is 63.3 Å². The predicted octanol–water partition coefficient (Wildman–Crippen LogP) is 2.69. The molecule has 0 radical (unpaired) electrons. The molecule has 4 heterocycles. The topological polar surface area (TPSA) is 89.7 Å². The monoisotopic (exact) mass is 460 g/mol. The molecule has 0 unspecified atom stereocenters. The summed E-state index contributed by atoms with van der Waals surface area (Å²) in [6.07, 6.45) is -1.46. The summed E-state index contributed by atoms with van der Waals surface area (Å²) < 4.78 is 48.1. The van der Waals surface area contributed by atoms with Crippen molar-refractivity contribution in [3.05, 3.63) is 59.4 Å². The zero-order valence-electron chi connectivity index (χ0n) is 17.2. The molecule has 33 heavy (non-hydrogen) atoms. The Hall–Kier alpha value is -3.44. The fourth-order valence-corrected chi connectivity index (χ4v) is 4.08. The van der Waals surface area contributed by atoms with Crippen LogP contribution in [0, 0.1) is 0 Å². The van der Waals surface area contributed by atoms with Crippen LogP contribution >= 0.6 is 0 Å². The van der Waals surface area contributed by atoms with Gasteiger partial charge in [-0.05, 0) is 42.0 Å². The number of aromatic nitrogens is 3. The molecule has 1 fully saturated rings. The molecule has 1 N–H and O–H groups in total. The maximum atomic E-state index is 12.6. The molecule has 11 heteroatoms. The fourth-order valence-electron chi connectivity index (χ4n) is 4.08. The SMILES string of the molecule is O=C(C1=CCOC1)N1CC(c2nn(-c3ccc(OC(F)(F)F)cc3)c3nccc(CO)c23)C1. The third-order valence-electron chi connectivity index (χ3n) is 5.70. The Labute approximate surface area is 185 Å². The Bertz CT molecular complexity index is 1230. The number of aliphatic hydroxyl groups is 1. The maximum Gasteiger partial charge on any atom is 0.573 e. The molecule has 0 atom stereocenters. The first-order chi connectivity index (χ1) is 15.8. The summed E-state index contributed by atoms with van der Waals surface area (Å²) in [5, 5.41) is 15.2. The largest absolute Gasteiger partial charge is 0.573 e. The predicted molar refractivity (Wildman–Crippen MR) is 110 cm³/mol. The van der Waals surface area contributed by atoms with E-state index < -0.39 is 6.36 Å². The molecule has 0 aliphatic carbocycles. The number of aliphatic hydroxyl groups excluding tert-OH is 1. The third kappa shape index (κ3) is 4.05. The smallest absolute Gasteiger partial charge is 0.406 e. The number of carbonyl (C=O) groups excluding carboxylic acids is 1. The Morgan fingerprint density at radius 2 is 1.97 bits per heavy atom. The van der Waals surface area contributed by atoms with Crippen LogP contribution in [0.2, 0.25) is 0 Å². The summed E-state index contributed by atoms with van der Waals surface area (Å²) in [6, 6.07) is 7.00. The summed E-state index contributed by atoms with van der Waals surface area (Å²) >= 11 is 0. The molecule has 1 saturated heterocycles. The quantitative estimate of drug-likeness (QED) is 0.630. The number of hydrogen-bond acceptors (Lipinski definition) is 6. The lowest BCUT2D eigenvalue weighted by Gasteiger charge is -2.38. The van der Waals surface area contributed by atoms with Gasteiger partial charge >= 0.3 is 6.36 Å². The van der Waals surface area contributed by atoms with Crippen molar-refractivity contribution in [2.45, 2.75) is 18.9 Å². The van der Waals surface area contributed by atoms with Gasteiger partial charge in [0.05, 0.1) is 31.2 Å². The normalized spacial score (nSPS) is 16.7. The summed E-state index contributed by atoms with van der Waals surface area (Å²) in [6.45, 7) is 1.44. The van der Waals surface area contributed by atoms with Crippen LogP contribution in [-0.2, 0) is 16.1 Å². The zero-order valence-corrected chi connectivity index (χ0v) is 17.2. The van der Waals surface area contributed by atoms with Gasteiger partial charge in [-0.2, -0.15) is 5.10 Å². The van der Waals surface area contributed by atoms with Crippen LogP contribution in [0.1, 0.15) is 17.2 Å². The number of rotatable bonds is 5. The van der Waals surface area contributed by atoms with Crippen LogP contribution < -0.4 is 4.74 Å². The van der Waals surface area contributed by atoms with Crippen molar-refractivity contribution in [2.24, 2.45) is 0 Å². The van der Waals surface area contributed by atoms with Gasteiger partial charge in [0.1, 0.15) is 5.75 Å². The number of hydrogen-bond donors (Lipinski definition) is 1. The minimum absolute atomic E-state index is 0.0618. The minimum atomic E-state index is -4.78. The number of pyridine rings is 1. The Morgan fingerprint density at radius 3 is 2.61 bits per heavy atom. The summed E-state index contributed by atoms with van der Waals surface area (Å²) in [7, 11) is 0. The van der Waals surface area contributed by atoms with Gasteiger partial charge < -0.3 is 19.5 Å². The molecule has 0 bridgehead atoms. The van der Waals surface area contributed by atoms with Gasteiger partial charge in [-0.15, -0.1) is 13.2 Å². The summed E-state index contributed by atoms with van der Waals surface area (Å²) in [5.41, 5.74) is 2.91. The van der Waals surface area contributed by atoms with Gasteiger partial charge in [0.25, 0.3) is 5.91 Å². The molecule has 2 aromatic heterocycles. The number of benzene rings is 1. The van der Waals surface area contributed by atoms with E-state index in [-0.39, 0.29) is 24.2 Å². The minimum Gasteiger partial charge on any atom is -0.406 e. The number of halogens is 3. The van der Waals surface area contributed by atoms with Crippen LogP contribution in [0.25, 0.3) is 16.7 Å². The summed E-state index contributed by atoms with van der Waals surface area (Å²) in [4.78, 5) is 18.7. The Kier molecular flexibility index (Phi) is 5.29. The first-order valence-corrected chi connectivity index (χ1v) is 10.2. The van der Waals surface area contributed by atoms with Gasteiger partial charge in [0.15, 0.2) is 5.65 Å². The van der Waals surface area contributed by atoms with Crippen molar-refractivity contribution in [1.29, 1.82) is 0 Å². The second-order valence-corrected chi connectivity index (χ2v) is 7.82. The van der Waals surface area contributed by atoms with Crippen molar-refractivity contribution in [2.75, 3.05) is 26.3 Å². The molecule has 172 valence electrons. The molecule has 8 nitrogen and oxygen atoms in total. The van der Waals surface area contributed by atoms with Gasteiger partial charge in [0, 0.05) is 36.2 Å². The number of nitrogens with zero attached hydrogens (tertiary/aromatic N) is 4. The van der Waals surface area contributed by atoms with E-state index in [0.717, 1.165) is 0 Å². The number of likely N-dealkylation sites (tertiary alicyclic amines) is 1. The van der Waals surface area contributed by atoms with Crippen molar-refractivity contribution in [1.82, 2.24) is 19.7 Å². The van der Waals surface area contributed by atoms with Crippen LogP contribution in [0.3, 0.4) is 0 Å². The molecular formula is C22H19F3N4O4. The number of amides is 1. The first-order valence-electron chi connectivity index (χ1n) is 10.2. The number of fused-ring (bicyclic) bond motifs is 1. The lowest BCUT2D eigenvalue weighted by molar-refractivity contribution is -0.274. The van der Waals surface area contributed by atoms with E-state index in [1.54, 1.807) is 23.2 Å². The van der Waals surface area contributed by atoms with Crippen molar-refractivity contribution in [3.8, 4) is 11.4 Å². The van der Waals surface area contributed by atoms with E-state index in [1.165, 1.54) is 28.9 Å². The van der Waals surface area contributed by atoms with E-state index in [1.807, 2.05) is 0 Å². The van der Waals surface area contributed by atoms with Gasteiger partial charge in [-0.1, -0.05) is 0 Å². The molecule has 0 saturated carbocycles. The van der Waals surface area contributed by atoms with E-state index in [0.29, 0.717) is 59.9 Å². The highest BCUT2D eigenvalue weighted by Gasteiger charge is 2.37. The fraction of sp³-hybridized carbons (Fsp3) is 0.318. The van der Waals surface area contributed by atoms with Crippen LogP contribution in [0.5, 0.6) is 5.75 Å².